The second-order valence-electron chi connectivity index (χ2n) is 6.40. The summed E-state index contributed by atoms with van der Waals surface area (Å²) in [7, 11) is 0. The number of hydrogen-bond acceptors (Lipinski definition) is 2. The molecule has 0 aliphatic carbocycles. The molecule has 2 amide bonds. The van der Waals surface area contributed by atoms with Crippen LogP contribution >= 0.6 is 0 Å². The fraction of sp³-hybridized carbons (Fsp3) is 0.0909. The van der Waals surface area contributed by atoms with E-state index >= 15 is 0 Å². The average molecular weight is 360 g/mol. The van der Waals surface area contributed by atoms with Crippen molar-refractivity contribution in [2.45, 2.75) is 13.0 Å². The second kappa shape index (κ2) is 7.03. The SMILES string of the molecule is O=C(Nc1ccc(Cc2ccccc2)c2c1C(=O)NC2)c1ccccc1F. The molecular weight excluding hydrogens is 343 g/mol. The number of anilines is 1. The summed E-state index contributed by atoms with van der Waals surface area (Å²) in [5, 5.41) is 5.49. The van der Waals surface area contributed by atoms with Crippen LogP contribution in [-0.2, 0) is 13.0 Å². The van der Waals surface area contributed by atoms with Gasteiger partial charge in [0.05, 0.1) is 16.8 Å². The number of halogens is 1. The summed E-state index contributed by atoms with van der Waals surface area (Å²) in [6, 6.07) is 19.3. The van der Waals surface area contributed by atoms with Gasteiger partial charge < -0.3 is 10.6 Å². The highest BCUT2D eigenvalue weighted by Gasteiger charge is 2.26. The Morgan fingerprint density at radius 1 is 1.00 bits per heavy atom. The zero-order valence-corrected chi connectivity index (χ0v) is 14.5. The summed E-state index contributed by atoms with van der Waals surface area (Å²) < 4.78 is 13.9. The van der Waals surface area contributed by atoms with Crippen molar-refractivity contribution in [1.29, 1.82) is 0 Å². The van der Waals surface area contributed by atoms with E-state index in [9.17, 15) is 14.0 Å². The maximum Gasteiger partial charge on any atom is 0.258 e. The van der Waals surface area contributed by atoms with Gasteiger partial charge >= 0.3 is 0 Å². The van der Waals surface area contributed by atoms with Crippen LogP contribution in [0.2, 0.25) is 0 Å². The monoisotopic (exact) mass is 360 g/mol. The van der Waals surface area contributed by atoms with Crippen molar-refractivity contribution in [2.24, 2.45) is 0 Å². The van der Waals surface area contributed by atoms with Crippen LogP contribution in [0.25, 0.3) is 0 Å². The van der Waals surface area contributed by atoms with E-state index in [0.29, 0.717) is 24.2 Å². The van der Waals surface area contributed by atoms with Gasteiger partial charge in [-0.15, -0.1) is 0 Å². The molecule has 0 atom stereocenters. The molecule has 5 heteroatoms. The number of carbonyl (C=O) groups is 2. The van der Waals surface area contributed by atoms with Gasteiger partial charge in [0.1, 0.15) is 5.82 Å². The molecule has 1 aliphatic heterocycles. The maximum atomic E-state index is 13.9. The molecule has 2 N–H and O–H groups in total. The summed E-state index contributed by atoms with van der Waals surface area (Å²) in [5.74, 6) is -1.41. The Labute approximate surface area is 156 Å². The molecular formula is C22H17FN2O2. The highest BCUT2D eigenvalue weighted by molar-refractivity contribution is 6.10. The number of carbonyl (C=O) groups excluding carboxylic acids is 2. The minimum absolute atomic E-state index is 0.0574. The van der Waals surface area contributed by atoms with Gasteiger partial charge in [0.25, 0.3) is 11.8 Å². The quantitative estimate of drug-likeness (QED) is 0.741. The molecule has 4 nitrogen and oxygen atoms in total. The van der Waals surface area contributed by atoms with Gasteiger partial charge in [-0.2, -0.15) is 0 Å². The zero-order chi connectivity index (χ0) is 18.8. The van der Waals surface area contributed by atoms with Crippen LogP contribution in [0.4, 0.5) is 10.1 Å². The van der Waals surface area contributed by atoms with Crippen molar-refractivity contribution < 1.29 is 14.0 Å². The third-order valence-corrected chi connectivity index (χ3v) is 4.67. The number of fused-ring (bicyclic) bond motifs is 1. The molecule has 0 saturated carbocycles. The van der Waals surface area contributed by atoms with Crippen molar-refractivity contribution in [3.63, 3.8) is 0 Å². The molecule has 4 rings (SSSR count). The van der Waals surface area contributed by atoms with Crippen LogP contribution in [0, 0.1) is 5.82 Å². The maximum absolute atomic E-state index is 13.9. The lowest BCUT2D eigenvalue weighted by atomic mass is 9.96. The molecule has 3 aromatic rings. The van der Waals surface area contributed by atoms with Crippen LogP contribution in [0.15, 0.2) is 66.7 Å². The van der Waals surface area contributed by atoms with Gasteiger partial charge in [-0.1, -0.05) is 48.5 Å². The lowest BCUT2D eigenvalue weighted by Crippen LogP contribution is -2.18. The first-order chi connectivity index (χ1) is 13.1. The van der Waals surface area contributed by atoms with Gasteiger partial charge in [0.2, 0.25) is 0 Å². The minimum atomic E-state index is -0.600. The zero-order valence-electron chi connectivity index (χ0n) is 14.5. The van der Waals surface area contributed by atoms with E-state index in [2.05, 4.69) is 10.6 Å². The average Bonchev–Trinajstić information content (AvgIpc) is 3.07. The van der Waals surface area contributed by atoms with E-state index in [1.54, 1.807) is 12.1 Å². The van der Waals surface area contributed by atoms with E-state index in [4.69, 9.17) is 0 Å². The molecule has 1 heterocycles. The number of hydrogen-bond donors (Lipinski definition) is 2. The highest BCUT2D eigenvalue weighted by Crippen LogP contribution is 2.29. The lowest BCUT2D eigenvalue weighted by Gasteiger charge is -2.13. The normalized spacial score (nSPS) is 12.4. The summed E-state index contributed by atoms with van der Waals surface area (Å²) in [6.45, 7) is 0.416. The van der Waals surface area contributed by atoms with Crippen molar-refractivity contribution >= 4 is 17.5 Å². The van der Waals surface area contributed by atoms with Gasteiger partial charge in [0.15, 0.2) is 0 Å². The molecule has 0 radical (unpaired) electrons. The third-order valence-electron chi connectivity index (χ3n) is 4.67. The van der Waals surface area contributed by atoms with Crippen molar-refractivity contribution in [3.8, 4) is 0 Å². The van der Waals surface area contributed by atoms with E-state index in [0.717, 1.165) is 16.7 Å². The fourth-order valence-electron chi connectivity index (χ4n) is 3.33. The first-order valence-electron chi connectivity index (χ1n) is 8.66. The number of rotatable bonds is 4. The largest absolute Gasteiger partial charge is 0.348 e. The summed E-state index contributed by atoms with van der Waals surface area (Å²) in [5.41, 5.74) is 3.83. The molecule has 1 aliphatic rings. The Morgan fingerprint density at radius 3 is 2.52 bits per heavy atom. The van der Waals surface area contributed by atoms with E-state index < -0.39 is 11.7 Å². The summed E-state index contributed by atoms with van der Waals surface area (Å²) >= 11 is 0. The van der Waals surface area contributed by atoms with Crippen molar-refractivity contribution in [2.75, 3.05) is 5.32 Å². The Morgan fingerprint density at radius 2 is 1.74 bits per heavy atom. The predicted molar refractivity (Wildman–Crippen MR) is 101 cm³/mol. The van der Waals surface area contributed by atoms with Gasteiger partial charge in [-0.25, -0.2) is 4.39 Å². The first-order valence-corrected chi connectivity index (χ1v) is 8.66. The molecule has 0 bridgehead atoms. The predicted octanol–water partition coefficient (Wildman–Crippen LogP) is 3.91. The highest BCUT2D eigenvalue weighted by atomic mass is 19.1. The van der Waals surface area contributed by atoms with Crippen LogP contribution in [0.1, 0.15) is 37.4 Å². The minimum Gasteiger partial charge on any atom is -0.348 e. The van der Waals surface area contributed by atoms with Gasteiger partial charge in [-0.05, 0) is 41.3 Å². The van der Waals surface area contributed by atoms with Crippen LogP contribution in [0.3, 0.4) is 0 Å². The Balaban J connectivity index is 1.67. The number of nitrogens with one attached hydrogen (secondary N) is 2. The summed E-state index contributed by atoms with van der Waals surface area (Å²) in [4.78, 5) is 24.8. The van der Waals surface area contributed by atoms with Crippen LogP contribution in [-0.4, -0.2) is 11.8 Å². The third kappa shape index (κ3) is 3.31. The molecule has 0 spiro atoms. The summed E-state index contributed by atoms with van der Waals surface area (Å²) in [6.07, 6.45) is 0.694. The van der Waals surface area contributed by atoms with Gasteiger partial charge in [0, 0.05) is 6.54 Å². The van der Waals surface area contributed by atoms with Crippen molar-refractivity contribution in [1.82, 2.24) is 5.32 Å². The lowest BCUT2D eigenvalue weighted by molar-refractivity contribution is 0.0966. The molecule has 134 valence electrons. The molecule has 0 saturated heterocycles. The molecule has 27 heavy (non-hydrogen) atoms. The standard InChI is InChI=1S/C22H17FN2O2/c23-18-9-5-4-8-16(18)21(26)25-19-11-10-15(12-14-6-2-1-3-7-14)17-13-24-22(27)20(17)19/h1-11H,12-13H2,(H,24,27)(H,25,26). The van der Waals surface area contributed by atoms with E-state index in [1.165, 1.54) is 18.2 Å². The number of amides is 2. The smallest absolute Gasteiger partial charge is 0.258 e. The molecule has 0 unspecified atom stereocenters. The molecule has 3 aromatic carbocycles. The van der Waals surface area contributed by atoms with Crippen LogP contribution < -0.4 is 10.6 Å². The second-order valence-corrected chi connectivity index (χ2v) is 6.40. The van der Waals surface area contributed by atoms with Gasteiger partial charge in [-0.3, -0.25) is 9.59 Å². The molecule has 0 fully saturated rings. The topological polar surface area (TPSA) is 58.2 Å². The number of benzene rings is 3. The Kier molecular flexibility index (Phi) is 4.42. The first kappa shape index (κ1) is 17.0. The van der Waals surface area contributed by atoms with Crippen molar-refractivity contribution in [3.05, 3.63) is 100 Å². The Bertz CT molecular complexity index is 1030. The van der Waals surface area contributed by atoms with E-state index in [-0.39, 0.29) is 11.5 Å². The Hall–Kier alpha value is -3.47. The van der Waals surface area contributed by atoms with E-state index in [1.807, 2.05) is 36.4 Å². The molecule has 0 aromatic heterocycles. The van der Waals surface area contributed by atoms with Crippen LogP contribution in [0.5, 0.6) is 0 Å². The fourth-order valence-corrected chi connectivity index (χ4v) is 3.33.